The van der Waals surface area contributed by atoms with Gasteiger partial charge in [-0.25, -0.2) is 17.2 Å². The molecule has 0 spiro atoms. The van der Waals surface area contributed by atoms with Crippen LogP contribution in [0.1, 0.15) is 34.6 Å². The van der Waals surface area contributed by atoms with Gasteiger partial charge in [-0.3, -0.25) is 4.84 Å². The topological polar surface area (TPSA) is 81.9 Å². The summed E-state index contributed by atoms with van der Waals surface area (Å²) >= 11 is 0. The maximum atomic E-state index is 10.4. The van der Waals surface area contributed by atoms with Crippen LogP contribution in [0.3, 0.4) is 0 Å². The first-order chi connectivity index (χ1) is 7.90. The molecule has 106 valence electrons. The second-order valence-electron chi connectivity index (χ2n) is 5.27. The van der Waals surface area contributed by atoms with E-state index in [9.17, 15) is 13.0 Å². The Hall–Kier alpha value is -0.540. The highest BCUT2D eigenvalue weighted by Crippen LogP contribution is 2.33. The van der Waals surface area contributed by atoms with Crippen LogP contribution in [-0.4, -0.2) is 53.4 Å². The molecule has 8 heteroatoms. The van der Waals surface area contributed by atoms with Crippen molar-refractivity contribution < 1.29 is 26.6 Å². The molecular weight excluding hydrogens is 260 g/mol. The molecular formula is C10H20N2O5S. The molecule has 0 aromatic heterocycles. The summed E-state index contributed by atoms with van der Waals surface area (Å²) in [4.78, 5) is 5.32. The fourth-order valence-corrected chi connectivity index (χ4v) is 2.40. The first-order valence-corrected chi connectivity index (χ1v) is 6.85. The molecule has 1 heterocycles. The van der Waals surface area contributed by atoms with Crippen molar-refractivity contribution in [2.24, 2.45) is 0 Å². The average molecular weight is 280 g/mol. The summed E-state index contributed by atoms with van der Waals surface area (Å²) in [5.41, 5.74) is 0.176. The van der Waals surface area contributed by atoms with E-state index in [0.29, 0.717) is 0 Å². The molecule has 0 bridgehead atoms. The highest BCUT2D eigenvalue weighted by Gasteiger charge is 2.56. The van der Waals surface area contributed by atoms with E-state index in [2.05, 4.69) is 4.18 Å². The fraction of sp³-hybridized carbons (Fsp3) is 0.900. The van der Waals surface area contributed by atoms with Crippen LogP contribution in [0, 0.1) is 0 Å². The van der Waals surface area contributed by atoms with Crippen LogP contribution >= 0.6 is 0 Å². The maximum Gasteiger partial charge on any atom is 0.235 e. The quantitative estimate of drug-likeness (QED) is 0.318. The molecule has 0 aromatic rings. The van der Waals surface area contributed by atoms with Crippen LogP contribution in [0.15, 0.2) is 0 Å². The minimum absolute atomic E-state index is 0.422. The van der Waals surface area contributed by atoms with Gasteiger partial charge in [0.05, 0.1) is 0 Å². The number of hydrogen-bond donors (Lipinski definition) is 0. The Morgan fingerprint density at radius 3 is 2.17 bits per heavy atom. The Bertz CT molecular complexity index is 443. The molecule has 0 atom stereocenters. The lowest BCUT2D eigenvalue weighted by Gasteiger charge is -2.34. The van der Waals surface area contributed by atoms with Gasteiger partial charge in [0.15, 0.2) is 12.5 Å². The lowest BCUT2D eigenvalue weighted by molar-refractivity contribution is -0.614. The molecule has 0 unspecified atom stereocenters. The van der Waals surface area contributed by atoms with E-state index in [0.717, 1.165) is 5.71 Å². The molecule has 0 saturated carbocycles. The number of hydroxylamine groups is 2. The maximum absolute atomic E-state index is 10.4. The molecule has 0 aliphatic carbocycles. The zero-order chi connectivity index (χ0) is 14.4. The van der Waals surface area contributed by atoms with E-state index in [4.69, 9.17) is 4.84 Å². The van der Waals surface area contributed by atoms with E-state index in [1.807, 2.05) is 46.2 Å². The number of nitrogens with zero attached hydrogens (tertiary/aromatic N) is 2. The van der Waals surface area contributed by atoms with Crippen molar-refractivity contribution in [2.45, 2.75) is 45.8 Å². The molecule has 1 aliphatic rings. The third-order valence-corrected chi connectivity index (χ3v) is 3.97. The molecule has 0 amide bonds. The summed E-state index contributed by atoms with van der Waals surface area (Å²) in [5.74, 6) is 0. The zero-order valence-electron chi connectivity index (χ0n) is 11.6. The van der Waals surface area contributed by atoms with Crippen molar-refractivity contribution in [3.8, 4) is 0 Å². The van der Waals surface area contributed by atoms with Crippen LogP contribution in [0.2, 0.25) is 0 Å². The largest absolute Gasteiger partial charge is 0.725 e. The minimum Gasteiger partial charge on any atom is -0.725 e. The zero-order valence-corrected chi connectivity index (χ0v) is 12.4. The number of hydrogen-bond acceptors (Lipinski definition) is 6. The van der Waals surface area contributed by atoms with Gasteiger partial charge in [0.25, 0.3) is 0 Å². The third kappa shape index (κ3) is 2.72. The monoisotopic (exact) mass is 280 g/mol. The van der Waals surface area contributed by atoms with Crippen LogP contribution in [0.4, 0.5) is 0 Å². The van der Waals surface area contributed by atoms with Gasteiger partial charge in [-0.1, -0.05) is 0 Å². The first kappa shape index (κ1) is 15.5. The summed E-state index contributed by atoms with van der Waals surface area (Å²) in [5, 5.41) is 1.63. The normalized spacial score (nSPS) is 23.7. The Labute approximate surface area is 108 Å². The SMILES string of the molecule is CC1=[N+](C)C(C)(C)N(OCOS(=O)(=O)[O-])C1(C)C. The smallest absolute Gasteiger partial charge is 0.235 e. The second kappa shape index (κ2) is 4.53. The summed E-state index contributed by atoms with van der Waals surface area (Å²) in [7, 11) is -2.82. The lowest BCUT2D eigenvalue weighted by Crippen LogP contribution is -2.53. The predicted octanol–water partition coefficient (Wildman–Crippen LogP) is 0.286. The summed E-state index contributed by atoms with van der Waals surface area (Å²) in [6.07, 6.45) is 0. The van der Waals surface area contributed by atoms with E-state index in [1.54, 1.807) is 5.06 Å². The molecule has 1 aliphatic heterocycles. The Morgan fingerprint density at radius 1 is 1.33 bits per heavy atom. The molecule has 1 rings (SSSR count). The van der Waals surface area contributed by atoms with Crippen LogP contribution in [0.5, 0.6) is 0 Å². The Morgan fingerprint density at radius 2 is 1.83 bits per heavy atom. The van der Waals surface area contributed by atoms with Crippen molar-refractivity contribution in [2.75, 3.05) is 13.8 Å². The van der Waals surface area contributed by atoms with Crippen molar-refractivity contribution in [3.05, 3.63) is 0 Å². The molecule has 0 fully saturated rings. The highest BCUT2D eigenvalue weighted by molar-refractivity contribution is 7.80. The predicted molar refractivity (Wildman–Crippen MR) is 63.6 cm³/mol. The van der Waals surface area contributed by atoms with Crippen LogP contribution in [0.25, 0.3) is 0 Å². The van der Waals surface area contributed by atoms with Gasteiger partial charge in [0.1, 0.15) is 12.6 Å². The van der Waals surface area contributed by atoms with Gasteiger partial charge in [0.2, 0.25) is 16.1 Å². The summed E-state index contributed by atoms with van der Waals surface area (Å²) in [6, 6.07) is 0. The van der Waals surface area contributed by atoms with Crippen LogP contribution < -0.4 is 0 Å². The summed E-state index contributed by atoms with van der Waals surface area (Å²) < 4.78 is 37.2. The van der Waals surface area contributed by atoms with Crippen molar-refractivity contribution in [3.63, 3.8) is 0 Å². The van der Waals surface area contributed by atoms with E-state index in [-0.39, 0.29) is 0 Å². The van der Waals surface area contributed by atoms with Gasteiger partial charge in [-0.15, -0.1) is 5.06 Å². The third-order valence-electron chi connectivity index (χ3n) is 3.59. The van der Waals surface area contributed by atoms with Gasteiger partial charge in [0, 0.05) is 20.8 Å². The van der Waals surface area contributed by atoms with E-state index in [1.165, 1.54) is 0 Å². The Balaban J connectivity index is 2.84. The molecule has 18 heavy (non-hydrogen) atoms. The standard InChI is InChI=1S/C10H20N2O5S/c1-8-9(2,3)12(10(4,5)11(8)6)16-7-17-18(13,14)15/h7H2,1-6H3. The van der Waals surface area contributed by atoms with E-state index >= 15 is 0 Å². The molecule has 0 radical (unpaired) electrons. The van der Waals surface area contributed by atoms with Gasteiger partial charge in [-0.2, -0.15) is 0 Å². The molecule has 0 N–H and O–H groups in total. The first-order valence-electron chi connectivity index (χ1n) is 5.52. The lowest BCUT2D eigenvalue weighted by atomic mass is 10.00. The molecule has 0 aromatic carbocycles. The second-order valence-corrected chi connectivity index (χ2v) is 6.32. The van der Waals surface area contributed by atoms with Gasteiger partial charge in [-0.05, 0) is 13.8 Å². The average Bonchev–Trinajstić information content (AvgIpc) is 2.28. The van der Waals surface area contributed by atoms with Crippen molar-refractivity contribution in [1.29, 1.82) is 0 Å². The highest BCUT2D eigenvalue weighted by atomic mass is 32.3. The van der Waals surface area contributed by atoms with E-state index < -0.39 is 28.4 Å². The van der Waals surface area contributed by atoms with Crippen molar-refractivity contribution in [1.82, 2.24) is 5.06 Å². The number of rotatable bonds is 4. The van der Waals surface area contributed by atoms with Gasteiger partial charge < -0.3 is 4.55 Å². The van der Waals surface area contributed by atoms with Gasteiger partial charge >= 0.3 is 0 Å². The summed E-state index contributed by atoms with van der Waals surface area (Å²) in [6.45, 7) is 9.09. The van der Waals surface area contributed by atoms with Crippen LogP contribution in [-0.2, 0) is 19.4 Å². The van der Waals surface area contributed by atoms with Crippen molar-refractivity contribution >= 4 is 16.1 Å². The molecule has 7 nitrogen and oxygen atoms in total. The molecule has 0 saturated heterocycles. The fourth-order valence-electron chi connectivity index (χ4n) is 2.24. The minimum atomic E-state index is -4.74. The Kier molecular flexibility index (Phi) is 3.91.